The Kier molecular flexibility index (Phi) is 4.65. The van der Waals surface area contributed by atoms with Crippen molar-refractivity contribution in [2.24, 2.45) is 0 Å². The first-order valence-corrected chi connectivity index (χ1v) is 7.97. The van der Waals surface area contributed by atoms with Gasteiger partial charge in [0.1, 0.15) is 0 Å². The third-order valence-electron chi connectivity index (χ3n) is 4.40. The van der Waals surface area contributed by atoms with E-state index in [1.807, 2.05) is 37.3 Å². The van der Waals surface area contributed by atoms with Gasteiger partial charge in [0.05, 0.1) is 32.4 Å². The zero-order valence-corrected chi connectivity index (χ0v) is 14.8. The van der Waals surface area contributed by atoms with Crippen LogP contribution >= 0.6 is 0 Å². The van der Waals surface area contributed by atoms with Gasteiger partial charge in [0, 0.05) is 23.7 Å². The molecule has 5 heteroatoms. The Balaban J connectivity index is 2.27. The molecule has 0 saturated carbocycles. The molecular formula is C20H21NO4. The van der Waals surface area contributed by atoms with E-state index in [9.17, 15) is 4.79 Å². The molecule has 0 spiro atoms. The highest BCUT2D eigenvalue weighted by Gasteiger charge is 2.23. The molecule has 0 fully saturated rings. The predicted molar refractivity (Wildman–Crippen MR) is 96.7 cm³/mol. The van der Waals surface area contributed by atoms with Gasteiger partial charge in [-0.15, -0.1) is 0 Å². The lowest BCUT2D eigenvalue weighted by molar-refractivity contribution is 0.0602. The molecule has 5 nitrogen and oxygen atoms in total. The lowest BCUT2D eigenvalue weighted by atomic mass is 10.1. The molecule has 3 rings (SSSR count). The van der Waals surface area contributed by atoms with Crippen LogP contribution in [-0.4, -0.2) is 31.9 Å². The number of hydrogen-bond donors (Lipinski definition) is 0. The fraction of sp³-hybridized carbons (Fsp3) is 0.250. The zero-order chi connectivity index (χ0) is 18.0. The molecule has 2 aromatic carbocycles. The van der Waals surface area contributed by atoms with Gasteiger partial charge in [-0.05, 0) is 18.6 Å². The van der Waals surface area contributed by atoms with E-state index in [1.54, 1.807) is 14.2 Å². The highest BCUT2D eigenvalue weighted by molar-refractivity contribution is 6.06. The molecule has 0 unspecified atom stereocenters. The van der Waals surface area contributed by atoms with E-state index < -0.39 is 0 Å². The monoisotopic (exact) mass is 339 g/mol. The highest BCUT2D eigenvalue weighted by atomic mass is 16.5. The number of carbonyl (C=O) groups excluding carboxylic acids is 1. The number of benzene rings is 2. The molecule has 0 N–H and O–H groups in total. The van der Waals surface area contributed by atoms with Crippen molar-refractivity contribution in [1.29, 1.82) is 0 Å². The quantitative estimate of drug-likeness (QED) is 0.664. The average Bonchev–Trinajstić information content (AvgIpc) is 2.91. The SMILES string of the molecule is COC(=O)c1c(C)n(Cc2ccccc2)c2cc(OC)c(OC)cc12. The van der Waals surface area contributed by atoms with Crippen LogP contribution in [-0.2, 0) is 11.3 Å². The standard InChI is InChI=1S/C20H21NO4/c1-13-19(20(22)25-4)15-10-17(23-2)18(24-3)11-16(15)21(13)12-14-8-6-5-7-9-14/h5-11H,12H2,1-4H3. The summed E-state index contributed by atoms with van der Waals surface area (Å²) in [5, 5.41) is 0.790. The van der Waals surface area contributed by atoms with Crippen LogP contribution in [0.2, 0.25) is 0 Å². The number of fused-ring (bicyclic) bond motifs is 1. The van der Waals surface area contributed by atoms with Crippen LogP contribution in [0.25, 0.3) is 10.9 Å². The first kappa shape index (κ1) is 16.9. The van der Waals surface area contributed by atoms with Crippen LogP contribution < -0.4 is 9.47 Å². The van der Waals surface area contributed by atoms with E-state index in [1.165, 1.54) is 7.11 Å². The second kappa shape index (κ2) is 6.89. The van der Waals surface area contributed by atoms with E-state index in [0.29, 0.717) is 23.6 Å². The summed E-state index contributed by atoms with van der Waals surface area (Å²) in [4.78, 5) is 12.4. The maximum absolute atomic E-state index is 12.4. The lowest BCUT2D eigenvalue weighted by Gasteiger charge is -2.11. The molecule has 0 saturated heterocycles. The minimum absolute atomic E-state index is 0.360. The van der Waals surface area contributed by atoms with Crippen molar-refractivity contribution in [2.45, 2.75) is 13.5 Å². The fourth-order valence-corrected chi connectivity index (χ4v) is 3.13. The number of aromatic nitrogens is 1. The summed E-state index contributed by atoms with van der Waals surface area (Å²) in [6, 6.07) is 13.8. The van der Waals surface area contributed by atoms with Crippen LogP contribution in [0, 0.1) is 6.92 Å². The van der Waals surface area contributed by atoms with Crippen LogP contribution in [0.5, 0.6) is 11.5 Å². The topological polar surface area (TPSA) is 49.7 Å². The molecule has 0 aliphatic heterocycles. The fourth-order valence-electron chi connectivity index (χ4n) is 3.13. The van der Waals surface area contributed by atoms with Gasteiger partial charge in [-0.3, -0.25) is 0 Å². The van der Waals surface area contributed by atoms with E-state index >= 15 is 0 Å². The van der Waals surface area contributed by atoms with Gasteiger partial charge >= 0.3 is 5.97 Å². The van der Waals surface area contributed by atoms with Crippen LogP contribution in [0.15, 0.2) is 42.5 Å². The summed E-state index contributed by atoms with van der Waals surface area (Å²) in [6.45, 7) is 2.57. The van der Waals surface area contributed by atoms with Crippen molar-refractivity contribution in [3.05, 3.63) is 59.3 Å². The second-order valence-electron chi connectivity index (χ2n) is 5.75. The Morgan fingerprint density at radius 2 is 1.64 bits per heavy atom. The molecule has 1 aromatic heterocycles. The van der Waals surface area contributed by atoms with Gasteiger partial charge in [0.2, 0.25) is 0 Å². The molecule has 0 aliphatic carbocycles. The summed E-state index contributed by atoms with van der Waals surface area (Å²) in [5.41, 5.74) is 3.45. The number of hydrogen-bond acceptors (Lipinski definition) is 4. The predicted octanol–water partition coefficient (Wildman–Crippen LogP) is 3.80. The van der Waals surface area contributed by atoms with Crippen molar-refractivity contribution >= 4 is 16.9 Å². The lowest BCUT2D eigenvalue weighted by Crippen LogP contribution is -2.06. The number of nitrogens with zero attached hydrogens (tertiary/aromatic N) is 1. The number of ether oxygens (including phenoxy) is 3. The van der Waals surface area contributed by atoms with Crippen molar-refractivity contribution in [3.63, 3.8) is 0 Å². The smallest absolute Gasteiger partial charge is 0.340 e. The minimum atomic E-state index is -0.360. The summed E-state index contributed by atoms with van der Waals surface area (Å²) in [5.74, 6) is 0.844. The Morgan fingerprint density at radius 1 is 1.00 bits per heavy atom. The second-order valence-corrected chi connectivity index (χ2v) is 5.75. The summed E-state index contributed by atoms with van der Waals surface area (Å²) >= 11 is 0. The van der Waals surface area contributed by atoms with Crippen LogP contribution in [0.3, 0.4) is 0 Å². The molecular weight excluding hydrogens is 318 g/mol. The van der Waals surface area contributed by atoms with Gasteiger partial charge < -0.3 is 18.8 Å². The maximum Gasteiger partial charge on any atom is 0.340 e. The molecule has 3 aromatic rings. The van der Waals surface area contributed by atoms with Gasteiger partial charge in [-0.25, -0.2) is 4.79 Å². The van der Waals surface area contributed by atoms with Gasteiger partial charge in [-0.1, -0.05) is 30.3 Å². The normalized spacial score (nSPS) is 10.7. The van der Waals surface area contributed by atoms with Crippen molar-refractivity contribution in [1.82, 2.24) is 4.57 Å². The van der Waals surface area contributed by atoms with Crippen LogP contribution in [0.4, 0.5) is 0 Å². The molecule has 1 heterocycles. The van der Waals surface area contributed by atoms with Gasteiger partial charge in [-0.2, -0.15) is 0 Å². The van der Waals surface area contributed by atoms with E-state index in [2.05, 4.69) is 16.7 Å². The average molecular weight is 339 g/mol. The van der Waals surface area contributed by atoms with Crippen molar-refractivity contribution < 1.29 is 19.0 Å². The number of esters is 1. The summed E-state index contributed by atoms with van der Waals surface area (Å²) < 4.78 is 17.9. The van der Waals surface area contributed by atoms with Gasteiger partial charge in [0.25, 0.3) is 0 Å². The largest absolute Gasteiger partial charge is 0.493 e. The third-order valence-corrected chi connectivity index (χ3v) is 4.40. The third kappa shape index (κ3) is 2.93. The van der Waals surface area contributed by atoms with Gasteiger partial charge in [0.15, 0.2) is 11.5 Å². The molecule has 130 valence electrons. The number of carbonyl (C=O) groups is 1. The van der Waals surface area contributed by atoms with Crippen molar-refractivity contribution in [3.8, 4) is 11.5 Å². The van der Waals surface area contributed by atoms with Crippen LogP contribution in [0.1, 0.15) is 21.6 Å². The number of rotatable bonds is 5. The Bertz CT molecular complexity index is 913. The Labute approximate surface area is 146 Å². The first-order chi connectivity index (χ1) is 12.1. The summed E-state index contributed by atoms with van der Waals surface area (Å²) in [7, 11) is 4.57. The highest BCUT2D eigenvalue weighted by Crippen LogP contribution is 2.37. The Hall–Kier alpha value is -2.95. The molecule has 0 atom stereocenters. The molecule has 0 amide bonds. The minimum Gasteiger partial charge on any atom is -0.493 e. The Morgan fingerprint density at radius 3 is 2.24 bits per heavy atom. The molecule has 0 aliphatic rings. The van der Waals surface area contributed by atoms with E-state index in [-0.39, 0.29) is 5.97 Å². The molecule has 0 radical (unpaired) electrons. The first-order valence-electron chi connectivity index (χ1n) is 7.97. The number of methoxy groups -OCH3 is 3. The van der Waals surface area contributed by atoms with E-state index in [0.717, 1.165) is 22.2 Å². The van der Waals surface area contributed by atoms with Crippen molar-refractivity contribution in [2.75, 3.05) is 21.3 Å². The molecule has 0 bridgehead atoms. The maximum atomic E-state index is 12.4. The molecule has 25 heavy (non-hydrogen) atoms. The van der Waals surface area contributed by atoms with E-state index in [4.69, 9.17) is 14.2 Å². The zero-order valence-electron chi connectivity index (χ0n) is 14.8. The summed E-state index contributed by atoms with van der Waals surface area (Å²) in [6.07, 6.45) is 0.